The van der Waals surface area contributed by atoms with Gasteiger partial charge in [0.1, 0.15) is 5.60 Å². The quantitative estimate of drug-likeness (QED) is 0.652. The third-order valence-corrected chi connectivity index (χ3v) is 5.39. The van der Waals surface area contributed by atoms with Crippen molar-refractivity contribution in [1.29, 1.82) is 0 Å². The van der Waals surface area contributed by atoms with E-state index >= 15 is 0 Å². The maximum Gasteiger partial charge on any atom is 0.492 e. The summed E-state index contributed by atoms with van der Waals surface area (Å²) in [5, 5.41) is 12.0. The summed E-state index contributed by atoms with van der Waals surface area (Å²) in [6.07, 6.45) is 2.97. The van der Waals surface area contributed by atoms with E-state index < -0.39 is 30.0 Å². The first-order chi connectivity index (χ1) is 13.8. The van der Waals surface area contributed by atoms with Crippen molar-refractivity contribution in [2.75, 3.05) is 13.2 Å². The molecule has 1 aromatic carbocycles. The monoisotopic (exact) mass is 417 g/mol. The van der Waals surface area contributed by atoms with E-state index in [9.17, 15) is 9.90 Å². The number of hydrogen-bond donors (Lipinski definition) is 2. The van der Waals surface area contributed by atoms with Gasteiger partial charge in [-0.05, 0) is 77.9 Å². The van der Waals surface area contributed by atoms with Crippen LogP contribution in [0.4, 0.5) is 4.79 Å². The highest BCUT2D eigenvalue weighted by Gasteiger charge is 2.52. The molecule has 6 nitrogen and oxygen atoms in total. The molecule has 7 heteroatoms. The van der Waals surface area contributed by atoms with E-state index in [4.69, 9.17) is 14.0 Å². The number of aryl methyl sites for hydroxylation is 1. The molecule has 0 radical (unpaired) electrons. The first-order valence-electron chi connectivity index (χ1n) is 10.6. The van der Waals surface area contributed by atoms with Gasteiger partial charge in [-0.15, -0.1) is 0 Å². The molecule has 1 aliphatic rings. The van der Waals surface area contributed by atoms with Crippen LogP contribution in [0.5, 0.6) is 0 Å². The van der Waals surface area contributed by atoms with Crippen molar-refractivity contribution in [3.05, 3.63) is 40.9 Å². The maximum atomic E-state index is 12.2. The lowest BCUT2D eigenvalue weighted by atomic mass is 9.76. The number of aliphatic hydroxyl groups is 1. The summed E-state index contributed by atoms with van der Waals surface area (Å²) >= 11 is 0. The number of nitrogens with one attached hydrogen (secondary N) is 1. The average Bonchev–Trinajstić information content (AvgIpc) is 2.83. The molecule has 0 bridgehead atoms. The topological polar surface area (TPSA) is 77.0 Å². The maximum absolute atomic E-state index is 12.2. The van der Waals surface area contributed by atoms with Crippen LogP contribution in [0.15, 0.2) is 29.7 Å². The van der Waals surface area contributed by atoms with E-state index in [2.05, 4.69) is 5.32 Å². The van der Waals surface area contributed by atoms with Gasteiger partial charge in [-0.2, -0.15) is 0 Å². The van der Waals surface area contributed by atoms with Gasteiger partial charge < -0.3 is 24.5 Å². The summed E-state index contributed by atoms with van der Waals surface area (Å²) in [6.45, 7) is 13.9. The van der Waals surface area contributed by atoms with E-state index in [1.54, 1.807) is 0 Å². The molecular weight excluding hydrogens is 381 g/mol. The summed E-state index contributed by atoms with van der Waals surface area (Å²) in [5.41, 5.74) is 1.39. The summed E-state index contributed by atoms with van der Waals surface area (Å²) in [6, 6.07) is 8.02. The van der Waals surface area contributed by atoms with Gasteiger partial charge in [0, 0.05) is 13.2 Å². The van der Waals surface area contributed by atoms with E-state index in [1.165, 1.54) is 0 Å². The molecule has 1 fully saturated rings. The van der Waals surface area contributed by atoms with E-state index in [-0.39, 0.29) is 13.2 Å². The molecular formula is C23H36BNO5. The van der Waals surface area contributed by atoms with Crippen LogP contribution in [0.2, 0.25) is 0 Å². The number of alkyl carbamates (subject to hydrolysis) is 1. The van der Waals surface area contributed by atoms with Gasteiger partial charge in [0.15, 0.2) is 0 Å². The van der Waals surface area contributed by atoms with Gasteiger partial charge >= 0.3 is 13.2 Å². The standard InChI is InChI=1S/C23H36BNO5/c1-21(2,3)28-20(27)25-16-19(24-29-22(4,5)23(6,7)30-24)15-18-12-9-8-11-17(18)13-10-14-26/h8-9,11-12,15,26H,10,13-14,16H2,1-7H3,(H,25,27). The number of benzene rings is 1. The summed E-state index contributed by atoms with van der Waals surface area (Å²) < 4.78 is 17.8. The van der Waals surface area contributed by atoms with Crippen molar-refractivity contribution < 1.29 is 23.9 Å². The predicted molar refractivity (Wildman–Crippen MR) is 120 cm³/mol. The zero-order chi connectivity index (χ0) is 22.6. The van der Waals surface area contributed by atoms with Crippen LogP contribution in [-0.4, -0.2) is 48.3 Å². The Balaban J connectivity index is 2.30. The molecule has 1 heterocycles. The smallest absolute Gasteiger partial charge is 0.444 e. The molecule has 0 saturated carbocycles. The first kappa shape index (κ1) is 24.4. The highest BCUT2D eigenvalue weighted by Crippen LogP contribution is 2.38. The molecule has 0 aromatic heterocycles. The molecule has 2 N–H and O–H groups in total. The van der Waals surface area contributed by atoms with Gasteiger partial charge in [-0.25, -0.2) is 4.79 Å². The van der Waals surface area contributed by atoms with Crippen molar-refractivity contribution in [3.8, 4) is 0 Å². The molecule has 30 heavy (non-hydrogen) atoms. The number of amides is 1. The second-order valence-corrected chi connectivity index (χ2v) is 9.69. The molecule has 1 aromatic rings. The van der Waals surface area contributed by atoms with E-state index in [0.29, 0.717) is 6.42 Å². The minimum absolute atomic E-state index is 0.141. The lowest BCUT2D eigenvalue weighted by Crippen LogP contribution is -2.41. The minimum Gasteiger partial charge on any atom is -0.444 e. The molecule has 0 spiro atoms. The van der Waals surface area contributed by atoms with Gasteiger partial charge in [0.2, 0.25) is 0 Å². The van der Waals surface area contributed by atoms with Crippen LogP contribution >= 0.6 is 0 Å². The molecule has 1 aliphatic heterocycles. The summed E-state index contributed by atoms with van der Waals surface area (Å²) in [5.74, 6) is 0. The Morgan fingerprint density at radius 3 is 2.33 bits per heavy atom. The number of hydrogen-bond acceptors (Lipinski definition) is 5. The zero-order valence-electron chi connectivity index (χ0n) is 19.4. The van der Waals surface area contributed by atoms with E-state index in [0.717, 1.165) is 23.0 Å². The molecule has 0 aliphatic carbocycles. The summed E-state index contributed by atoms with van der Waals surface area (Å²) in [7, 11) is -0.587. The SMILES string of the molecule is CC(C)(C)OC(=O)NCC(=Cc1ccccc1CCCO)B1OC(C)(C)C(C)(C)O1. The summed E-state index contributed by atoms with van der Waals surface area (Å²) in [4.78, 5) is 12.2. The highest BCUT2D eigenvalue weighted by atomic mass is 16.7. The molecule has 0 atom stereocenters. The molecule has 2 rings (SSSR count). The van der Waals surface area contributed by atoms with Crippen molar-refractivity contribution >= 4 is 19.3 Å². The van der Waals surface area contributed by atoms with E-state index in [1.807, 2.05) is 78.8 Å². The van der Waals surface area contributed by atoms with Gasteiger partial charge in [-0.3, -0.25) is 0 Å². The van der Waals surface area contributed by atoms with Crippen molar-refractivity contribution in [3.63, 3.8) is 0 Å². The third-order valence-electron chi connectivity index (χ3n) is 5.39. The largest absolute Gasteiger partial charge is 0.492 e. The lowest BCUT2D eigenvalue weighted by Gasteiger charge is -2.32. The molecule has 0 unspecified atom stereocenters. The Hall–Kier alpha value is -1.83. The van der Waals surface area contributed by atoms with Crippen LogP contribution in [-0.2, 0) is 20.5 Å². The fraction of sp³-hybridized carbons (Fsp3) is 0.609. The van der Waals surface area contributed by atoms with Gasteiger partial charge in [0.25, 0.3) is 0 Å². The van der Waals surface area contributed by atoms with Crippen LogP contribution in [0.3, 0.4) is 0 Å². The predicted octanol–water partition coefficient (Wildman–Crippen LogP) is 4.15. The molecule has 1 saturated heterocycles. The Morgan fingerprint density at radius 2 is 1.77 bits per heavy atom. The lowest BCUT2D eigenvalue weighted by molar-refractivity contribution is 0.00578. The Kier molecular flexibility index (Phi) is 7.77. The number of carbonyl (C=O) groups is 1. The van der Waals surface area contributed by atoms with Gasteiger partial charge in [-0.1, -0.05) is 30.3 Å². The first-order valence-corrected chi connectivity index (χ1v) is 10.6. The fourth-order valence-corrected chi connectivity index (χ4v) is 3.06. The third kappa shape index (κ3) is 6.59. The Labute approximate surface area is 181 Å². The van der Waals surface area contributed by atoms with Crippen molar-refractivity contribution in [2.24, 2.45) is 0 Å². The molecule has 1 amide bonds. The average molecular weight is 417 g/mol. The number of aliphatic hydroxyl groups excluding tert-OH is 1. The second kappa shape index (κ2) is 9.54. The normalized spacial score (nSPS) is 18.4. The van der Waals surface area contributed by atoms with Crippen LogP contribution in [0.25, 0.3) is 6.08 Å². The van der Waals surface area contributed by atoms with Crippen molar-refractivity contribution in [2.45, 2.75) is 78.1 Å². The van der Waals surface area contributed by atoms with Crippen LogP contribution < -0.4 is 5.32 Å². The minimum atomic E-state index is -0.587. The Bertz CT molecular complexity index is 751. The van der Waals surface area contributed by atoms with Crippen molar-refractivity contribution in [1.82, 2.24) is 5.32 Å². The van der Waals surface area contributed by atoms with Crippen LogP contribution in [0.1, 0.15) is 66.0 Å². The van der Waals surface area contributed by atoms with Crippen LogP contribution in [0, 0.1) is 0 Å². The number of carbonyl (C=O) groups excluding carboxylic acids is 1. The second-order valence-electron chi connectivity index (χ2n) is 9.69. The number of rotatable bonds is 7. The highest BCUT2D eigenvalue weighted by molar-refractivity contribution is 6.56. The number of ether oxygens (including phenoxy) is 1. The zero-order valence-corrected chi connectivity index (χ0v) is 19.4. The Morgan fingerprint density at radius 1 is 1.17 bits per heavy atom. The fourth-order valence-electron chi connectivity index (χ4n) is 3.06. The van der Waals surface area contributed by atoms with Gasteiger partial charge in [0.05, 0.1) is 11.2 Å². The molecule has 166 valence electrons.